The van der Waals surface area contributed by atoms with Gasteiger partial charge in [0.05, 0.1) is 0 Å². The van der Waals surface area contributed by atoms with Crippen LogP contribution in [0.4, 0.5) is 0 Å². The first-order chi connectivity index (χ1) is 11.9. The Kier molecular flexibility index (Phi) is 9.96. The van der Waals surface area contributed by atoms with Crippen molar-refractivity contribution in [2.75, 3.05) is 47.4 Å². The van der Waals surface area contributed by atoms with E-state index in [1.165, 1.54) is 4.90 Å². The lowest BCUT2D eigenvalue weighted by atomic mass is 10.2. The minimum atomic E-state index is -0.0372. The smallest absolute Gasteiger partial charge is 0.243 e. The number of carbonyl (C=O) groups is 1. The quantitative estimate of drug-likeness (QED) is 0.412. The molecule has 0 atom stereocenters. The van der Waals surface area contributed by atoms with Crippen LogP contribution in [-0.2, 0) is 16.1 Å². The summed E-state index contributed by atoms with van der Waals surface area (Å²) in [7, 11) is 5.39. The lowest BCUT2D eigenvalue weighted by molar-refractivity contribution is -0.127. The minimum Gasteiger partial charge on any atom is -0.382 e. The van der Waals surface area contributed by atoms with Crippen LogP contribution in [0.2, 0.25) is 5.02 Å². The summed E-state index contributed by atoms with van der Waals surface area (Å²) in [6, 6.07) is 7.71. The zero-order chi connectivity index (χ0) is 18.7. The zero-order valence-corrected chi connectivity index (χ0v) is 16.3. The van der Waals surface area contributed by atoms with Gasteiger partial charge in [0, 0.05) is 52.5 Å². The van der Waals surface area contributed by atoms with Crippen LogP contribution in [0.5, 0.6) is 0 Å². The van der Waals surface area contributed by atoms with E-state index in [2.05, 4.69) is 10.3 Å². The molecule has 6 nitrogen and oxygen atoms in total. The van der Waals surface area contributed by atoms with Crippen molar-refractivity contribution >= 4 is 23.5 Å². The van der Waals surface area contributed by atoms with Crippen molar-refractivity contribution in [3.05, 3.63) is 34.9 Å². The van der Waals surface area contributed by atoms with E-state index in [1.807, 2.05) is 43.1 Å². The number of guanidine groups is 1. The van der Waals surface area contributed by atoms with Crippen LogP contribution in [0.1, 0.15) is 18.9 Å². The van der Waals surface area contributed by atoms with Gasteiger partial charge in [-0.05, 0) is 31.0 Å². The molecular formula is C18H29ClN4O2. The van der Waals surface area contributed by atoms with E-state index < -0.39 is 0 Å². The Morgan fingerprint density at radius 2 is 2.08 bits per heavy atom. The molecule has 0 bridgehead atoms. The first-order valence-corrected chi connectivity index (χ1v) is 8.83. The van der Waals surface area contributed by atoms with Crippen LogP contribution in [0.25, 0.3) is 0 Å². The molecule has 7 heteroatoms. The summed E-state index contributed by atoms with van der Waals surface area (Å²) >= 11 is 6.05. The number of ether oxygens (including phenoxy) is 1. The molecule has 1 amide bonds. The highest BCUT2D eigenvalue weighted by molar-refractivity contribution is 6.30. The van der Waals surface area contributed by atoms with Gasteiger partial charge in [0.1, 0.15) is 6.54 Å². The number of rotatable bonds is 9. The molecule has 0 unspecified atom stereocenters. The Morgan fingerprint density at radius 1 is 1.32 bits per heavy atom. The second-order valence-corrected chi connectivity index (χ2v) is 6.33. The average Bonchev–Trinajstić information content (AvgIpc) is 2.56. The maximum atomic E-state index is 11.8. The third kappa shape index (κ3) is 8.74. The van der Waals surface area contributed by atoms with Gasteiger partial charge in [0.2, 0.25) is 5.91 Å². The highest BCUT2D eigenvalue weighted by atomic mass is 35.5. The second kappa shape index (κ2) is 11.7. The number of nitrogens with zero attached hydrogens (tertiary/aromatic N) is 3. The summed E-state index contributed by atoms with van der Waals surface area (Å²) in [5.74, 6) is 0.649. The zero-order valence-electron chi connectivity index (χ0n) is 15.6. The number of aliphatic imine (C=N–C) groups is 1. The molecule has 0 fully saturated rings. The maximum Gasteiger partial charge on any atom is 0.243 e. The van der Waals surface area contributed by atoms with E-state index in [9.17, 15) is 4.79 Å². The highest BCUT2D eigenvalue weighted by Gasteiger charge is 2.09. The molecule has 25 heavy (non-hydrogen) atoms. The summed E-state index contributed by atoms with van der Waals surface area (Å²) in [6.45, 7) is 4.88. The molecule has 0 saturated heterocycles. The minimum absolute atomic E-state index is 0.0372. The number of hydrogen-bond acceptors (Lipinski definition) is 3. The summed E-state index contributed by atoms with van der Waals surface area (Å²) in [5.41, 5.74) is 1.08. The van der Waals surface area contributed by atoms with Gasteiger partial charge < -0.3 is 19.9 Å². The van der Waals surface area contributed by atoms with Crippen LogP contribution in [0, 0.1) is 0 Å². The van der Waals surface area contributed by atoms with Crippen molar-refractivity contribution in [3.63, 3.8) is 0 Å². The number of hydrogen-bond donors (Lipinski definition) is 1. The molecule has 0 spiro atoms. The van der Waals surface area contributed by atoms with Crippen LogP contribution < -0.4 is 5.32 Å². The number of benzene rings is 1. The van der Waals surface area contributed by atoms with Gasteiger partial charge in [-0.1, -0.05) is 23.7 Å². The lowest BCUT2D eigenvalue weighted by Gasteiger charge is -2.23. The highest BCUT2D eigenvalue weighted by Crippen LogP contribution is 2.12. The summed E-state index contributed by atoms with van der Waals surface area (Å²) in [4.78, 5) is 19.8. The number of carbonyl (C=O) groups excluding carboxylic acids is 1. The number of nitrogens with one attached hydrogen (secondary N) is 1. The van der Waals surface area contributed by atoms with Gasteiger partial charge in [0.25, 0.3) is 0 Å². The molecule has 1 aromatic rings. The number of halogens is 1. The number of likely N-dealkylation sites (N-methyl/N-ethyl adjacent to an activating group) is 1. The summed E-state index contributed by atoms with van der Waals surface area (Å²) in [5, 5.41) is 4.01. The van der Waals surface area contributed by atoms with Gasteiger partial charge in [-0.3, -0.25) is 4.79 Å². The molecule has 0 aliphatic rings. The van der Waals surface area contributed by atoms with E-state index in [1.54, 1.807) is 14.1 Å². The first-order valence-electron chi connectivity index (χ1n) is 8.45. The molecular weight excluding hydrogens is 340 g/mol. The van der Waals surface area contributed by atoms with Gasteiger partial charge in [-0.2, -0.15) is 0 Å². The molecule has 0 saturated carbocycles. The predicted octanol–water partition coefficient (Wildman–Crippen LogP) is 2.23. The first kappa shape index (κ1) is 21.3. The Hall–Kier alpha value is -1.79. The standard InChI is InChI=1S/C18H29ClN4O2/c1-5-25-11-7-10-20-18(21-13-17(24)22(2)3)23(4)14-15-8-6-9-16(19)12-15/h6,8-9,12H,5,7,10-11,13-14H2,1-4H3,(H,20,21). The van der Waals surface area contributed by atoms with Gasteiger partial charge in [0.15, 0.2) is 5.96 Å². The largest absolute Gasteiger partial charge is 0.382 e. The molecule has 0 aliphatic heterocycles. The molecule has 140 valence electrons. The molecule has 1 aromatic carbocycles. The van der Waals surface area contributed by atoms with Crippen molar-refractivity contribution in [2.24, 2.45) is 4.99 Å². The SMILES string of the molecule is CCOCCCNC(=NCC(=O)N(C)C)N(C)Cc1cccc(Cl)c1. The maximum absolute atomic E-state index is 11.8. The molecule has 0 heterocycles. The monoisotopic (exact) mass is 368 g/mol. The third-order valence-corrected chi connectivity index (χ3v) is 3.72. The van der Waals surface area contributed by atoms with E-state index >= 15 is 0 Å². The predicted molar refractivity (Wildman–Crippen MR) is 103 cm³/mol. The van der Waals surface area contributed by atoms with E-state index in [0.29, 0.717) is 30.7 Å². The molecule has 0 radical (unpaired) electrons. The number of amides is 1. The Morgan fingerprint density at radius 3 is 2.72 bits per heavy atom. The Balaban J connectivity index is 2.70. The Labute approximate surface area is 155 Å². The fourth-order valence-corrected chi connectivity index (χ4v) is 2.31. The van der Waals surface area contributed by atoms with Crippen molar-refractivity contribution < 1.29 is 9.53 Å². The molecule has 1 N–H and O–H groups in total. The Bertz CT molecular complexity index is 564. The van der Waals surface area contributed by atoms with E-state index in [4.69, 9.17) is 16.3 Å². The van der Waals surface area contributed by atoms with Gasteiger partial charge >= 0.3 is 0 Å². The van der Waals surface area contributed by atoms with Crippen molar-refractivity contribution in [2.45, 2.75) is 19.9 Å². The molecule has 0 aliphatic carbocycles. The van der Waals surface area contributed by atoms with Crippen LogP contribution >= 0.6 is 11.6 Å². The van der Waals surface area contributed by atoms with E-state index in [-0.39, 0.29) is 12.5 Å². The summed E-state index contributed by atoms with van der Waals surface area (Å²) in [6.07, 6.45) is 0.874. The third-order valence-electron chi connectivity index (χ3n) is 3.49. The van der Waals surface area contributed by atoms with Crippen LogP contribution in [-0.4, -0.2) is 69.1 Å². The molecule has 1 rings (SSSR count). The van der Waals surface area contributed by atoms with Crippen LogP contribution in [0.15, 0.2) is 29.3 Å². The van der Waals surface area contributed by atoms with Crippen LogP contribution in [0.3, 0.4) is 0 Å². The average molecular weight is 369 g/mol. The van der Waals surface area contributed by atoms with Gasteiger partial charge in [-0.25, -0.2) is 4.99 Å². The normalized spacial score (nSPS) is 11.3. The lowest BCUT2D eigenvalue weighted by Crippen LogP contribution is -2.40. The fourth-order valence-electron chi connectivity index (χ4n) is 2.10. The van der Waals surface area contributed by atoms with Crippen molar-refractivity contribution in [3.8, 4) is 0 Å². The van der Waals surface area contributed by atoms with Crippen molar-refractivity contribution in [1.82, 2.24) is 15.1 Å². The van der Waals surface area contributed by atoms with Crippen molar-refractivity contribution in [1.29, 1.82) is 0 Å². The topological polar surface area (TPSA) is 57.2 Å². The fraction of sp³-hybridized carbons (Fsp3) is 0.556. The molecule has 0 aromatic heterocycles. The summed E-state index contributed by atoms with van der Waals surface area (Å²) < 4.78 is 5.35. The second-order valence-electron chi connectivity index (χ2n) is 5.89. The van der Waals surface area contributed by atoms with Gasteiger partial charge in [-0.15, -0.1) is 0 Å². The van der Waals surface area contributed by atoms with E-state index in [0.717, 1.165) is 18.5 Å².